The molecule has 0 bridgehead atoms. The average molecular weight is 292 g/mol. The molecule has 0 aliphatic rings. The van der Waals surface area contributed by atoms with Gasteiger partial charge in [0.1, 0.15) is 11.6 Å². The first-order chi connectivity index (χ1) is 9.60. The molecule has 0 saturated carbocycles. The summed E-state index contributed by atoms with van der Waals surface area (Å²) in [4.78, 5) is 6.32. The van der Waals surface area contributed by atoms with Crippen molar-refractivity contribution in [2.45, 2.75) is 6.54 Å². The Morgan fingerprint density at radius 2 is 2.05 bits per heavy atom. The van der Waals surface area contributed by atoms with Gasteiger partial charge in [0.2, 0.25) is 0 Å². The first-order valence-corrected chi connectivity index (χ1v) is 6.67. The fraction of sp³-hybridized carbons (Fsp3) is 0.267. The Bertz CT molecular complexity index is 570. The summed E-state index contributed by atoms with van der Waals surface area (Å²) in [6.45, 7) is 0.632. The molecule has 20 heavy (non-hydrogen) atoms. The molecule has 0 unspecified atom stereocenters. The van der Waals surface area contributed by atoms with Crippen molar-refractivity contribution in [3.63, 3.8) is 0 Å². The molecular weight excluding hydrogens is 274 g/mol. The lowest BCUT2D eigenvalue weighted by Gasteiger charge is -2.13. The molecule has 4 nitrogen and oxygen atoms in total. The van der Waals surface area contributed by atoms with Crippen LogP contribution in [0.2, 0.25) is 5.02 Å². The molecule has 2 aromatic rings. The number of ether oxygens (including phenoxy) is 1. The van der Waals surface area contributed by atoms with E-state index in [4.69, 9.17) is 16.3 Å². The number of halogens is 1. The van der Waals surface area contributed by atoms with Crippen molar-refractivity contribution < 1.29 is 4.74 Å². The number of nitrogens with one attached hydrogen (secondary N) is 1. The Morgan fingerprint density at radius 1 is 1.25 bits per heavy atom. The van der Waals surface area contributed by atoms with Crippen molar-refractivity contribution in [3.05, 3.63) is 47.1 Å². The second kappa shape index (κ2) is 6.48. The van der Waals surface area contributed by atoms with Gasteiger partial charge in [-0.2, -0.15) is 0 Å². The Labute approximate surface area is 124 Å². The Hall–Kier alpha value is -1.94. The van der Waals surface area contributed by atoms with Crippen molar-refractivity contribution in [2.24, 2.45) is 0 Å². The highest BCUT2D eigenvalue weighted by Crippen LogP contribution is 2.23. The molecule has 0 atom stereocenters. The van der Waals surface area contributed by atoms with Gasteiger partial charge in [-0.3, -0.25) is 0 Å². The van der Waals surface area contributed by atoms with Gasteiger partial charge < -0.3 is 15.0 Å². The van der Waals surface area contributed by atoms with E-state index in [2.05, 4.69) is 10.3 Å². The Kier molecular flexibility index (Phi) is 4.69. The summed E-state index contributed by atoms with van der Waals surface area (Å²) in [5.74, 6) is 1.75. The van der Waals surface area contributed by atoms with Crippen LogP contribution in [-0.4, -0.2) is 26.2 Å². The van der Waals surface area contributed by atoms with E-state index >= 15 is 0 Å². The molecule has 0 radical (unpaired) electrons. The van der Waals surface area contributed by atoms with Crippen molar-refractivity contribution in [1.29, 1.82) is 0 Å². The Morgan fingerprint density at radius 3 is 2.65 bits per heavy atom. The molecule has 0 spiro atoms. The number of methoxy groups -OCH3 is 1. The quantitative estimate of drug-likeness (QED) is 0.916. The van der Waals surface area contributed by atoms with Gasteiger partial charge in [-0.05, 0) is 30.3 Å². The maximum absolute atomic E-state index is 6.01. The van der Waals surface area contributed by atoms with E-state index in [0.717, 1.165) is 22.8 Å². The monoisotopic (exact) mass is 291 g/mol. The van der Waals surface area contributed by atoms with Crippen LogP contribution in [0.25, 0.3) is 0 Å². The fourth-order valence-corrected chi connectivity index (χ4v) is 2.03. The molecule has 0 fully saturated rings. The summed E-state index contributed by atoms with van der Waals surface area (Å²) in [5, 5.41) is 4.01. The molecule has 1 N–H and O–H groups in total. The van der Waals surface area contributed by atoms with Gasteiger partial charge >= 0.3 is 0 Å². The lowest BCUT2D eigenvalue weighted by Crippen LogP contribution is -2.10. The van der Waals surface area contributed by atoms with Gasteiger partial charge in [0.05, 0.1) is 19.0 Å². The van der Waals surface area contributed by atoms with E-state index in [-0.39, 0.29) is 0 Å². The molecule has 1 heterocycles. The highest BCUT2D eigenvalue weighted by Gasteiger charge is 2.04. The van der Waals surface area contributed by atoms with Gasteiger partial charge in [0.15, 0.2) is 0 Å². The predicted octanol–water partition coefficient (Wildman–Crippen LogP) is 3.42. The van der Waals surface area contributed by atoms with E-state index in [1.54, 1.807) is 7.11 Å². The summed E-state index contributed by atoms with van der Waals surface area (Å²) >= 11 is 6.01. The molecule has 0 aliphatic heterocycles. The first kappa shape index (κ1) is 14.5. The van der Waals surface area contributed by atoms with Gasteiger partial charge in [-0.1, -0.05) is 11.6 Å². The van der Waals surface area contributed by atoms with E-state index in [0.29, 0.717) is 11.6 Å². The van der Waals surface area contributed by atoms with E-state index in [1.807, 2.05) is 55.5 Å². The van der Waals surface area contributed by atoms with Crippen LogP contribution in [0.15, 0.2) is 36.5 Å². The lowest BCUT2D eigenvalue weighted by atomic mass is 10.2. The van der Waals surface area contributed by atoms with Crippen LogP contribution >= 0.6 is 11.6 Å². The number of aromatic nitrogens is 1. The van der Waals surface area contributed by atoms with Crippen molar-refractivity contribution in [2.75, 3.05) is 31.4 Å². The highest BCUT2D eigenvalue weighted by atomic mass is 35.5. The first-order valence-electron chi connectivity index (χ1n) is 6.30. The number of pyridine rings is 1. The second-order valence-corrected chi connectivity index (χ2v) is 5.05. The minimum Gasteiger partial charge on any atom is -0.496 e. The minimum atomic E-state index is 0.632. The third kappa shape index (κ3) is 3.54. The van der Waals surface area contributed by atoms with Crippen LogP contribution in [0.4, 0.5) is 11.5 Å². The van der Waals surface area contributed by atoms with Crippen molar-refractivity contribution >= 4 is 23.1 Å². The zero-order valence-corrected chi connectivity index (χ0v) is 12.6. The largest absolute Gasteiger partial charge is 0.496 e. The molecule has 1 aromatic heterocycles. The number of rotatable bonds is 5. The fourth-order valence-electron chi connectivity index (χ4n) is 1.84. The van der Waals surface area contributed by atoms with Crippen LogP contribution in [0, 0.1) is 0 Å². The van der Waals surface area contributed by atoms with E-state index in [9.17, 15) is 0 Å². The van der Waals surface area contributed by atoms with Crippen molar-refractivity contribution in [1.82, 2.24) is 4.98 Å². The normalized spacial score (nSPS) is 10.2. The highest BCUT2D eigenvalue weighted by molar-refractivity contribution is 6.30. The number of benzene rings is 1. The minimum absolute atomic E-state index is 0.632. The second-order valence-electron chi connectivity index (χ2n) is 4.61. The third-order valence-corrected chi connectivity index (χ3v) is 3.17. The van der Waals surface area contributed by atoms with Crippen LogP contribution in [0.5, 0.6) is 5.75 Å². The average Bonchev–Trinajstić information content (AvgIpc) is 2.45. The maximum atomic E-state index is 6.01. The lowest BCUT2D eigenvalue weighted by molar-refractivity contribution is 0.410. The number of nitrogens with zero attached hydrogens (tertiary/aromatic N) is 2. The summed E-state index contributed by atoms with van der Waals surface area (Å²) in [6, 6.07) is 9.55. The molecule has 2 rings (SSSR count). The van der Waals surface area contributed by atoms with Crippen LogP contribution < -0.4 is 15.0 Å². The van der Waals surface area contributed by atoms with E-state index in [1.165, 1.54) is 0 Å². The van der Waals surface area contributed by atoms with Crippen molar-refractivity contribution in [3.8, 4) is 5.75 Å². The summed E-state index contributed by atoms with van der Waals surface area (Å²) in [6.07, 6.45) is 1.81. The molecule has 106 valence electrons. The van der Waals surface area contributed by atoms with Gasteiger partial charge in [0, 0.05) is 31.2 Å². The van der Waals surface area contributed by atoms with Crippen LogP contribution in [0.3, 0.4) is 0 Å². The molecule has 0 saturated heterocycles. The smallest absolute Gasteiger partial charge is 0.128 e. The van der Waals surface area contributed by atoms with Crippen LogP contribution in [-0.2, 0) is 6.54 Å². The molecule has 0 aliphatic carbocycles. The third-order valence-electron chi connectivity index (χ3n) is 2.93. The molecular formula is C15H18ClN3O. The predicted molar refractivity (Wildman–Crippen MR) is 83.9 cm³/mol. The summed E-state index contributed by atoms with van der Waals surface area (Å²) < 4.78 is 5.32. The zero-order chi connectivity index (χ0) is 14.5. The zero-order valence-electron chi connectivity index (χ0n) is 11.9. The molecule has 0 amide bonds. The maximum Gasteiger partial charge on any atom is 0.128 e. The topological polar surface area (TPSA) is 37.4 Å². The van der Waals surface area contributed by atoms with E-state index < -0.39 is 0 Å². The number of hydrogen-bond donors (Lipinski definition) is 1. The van der Waals surface area contributed by atoms with Gasteiger partial charge in [0.25, 0.3) is 0 Å². The SMILES string of the molecule is COc1ccc(Cl)cc1CNc1ccc(N(C)C)nc1. The standard InChI is InChI=1S/C15H18ClN3O/c1-19(2)15-7-5-13(10-18-15)17-9-11-8-12(16)4-6-14(11)20-3/h4-8,10,17H,9H2,1-3H3. The van der Waals surface area contributed by atoms with Crippen LogP contribution in [0.1, 0.15) is 5.56 Å². The van der Waals surface area contributed by atoms with Gasteiger partial charge in [-0.15, -0.1) is 0 Å². The molecule has 5 heteroatoms. The number of anilines is 2. The summed E-state index contributed by atoms with van der Waals surface area (Å²) in [5.41, 5.74) is 1.97. The Balaban J connectivity index is 2.06. The van der Waals surface area contributed by atoms with Gasteiger partial charge in [-0.25, -0.2) is 4.98 Å². The summed E-state index contributed by atoms with van der Waals surface area (Å²) in [7, 11) is 5.58. The number of hydrogen-bond acceptors (Lipinski definition) is 4. The molecule has 1 aromatic carbocycles.